The van der Waals surface area contributed by atoms with Crippen LogP contribution in [0.3, 0.4) is 0 Å². The van der Waals surface area contributed by atoms with Crippen molar-refractivity contribution in [2.45, 2.75) is 50.1 Å². The summed E-state index contributed by atoms with van der Waals surface area (Å²) in [6, 6.07) is 14.4. The van der Waals surface area contributed by atoms with Gasteiger partial charge in [-0.15, -0.1) is 10.2 Å². The number of rotatable bonds is 8. The average Bonchev–Trinajstić information content (AvgIpc) is 3.37. The Balaban J connectivity index is 1.58. The predicted molar refractivity (Wildman–Crippen MR) is 120 cm³/mol. The molecule has 0 saturated heterocycles. The van der Waals surface area contributed by atoms with Crippen LogP contribution in [0, 0.1) is 6.92 Å². The van der Waals surface area contributed by atoms with E-state index in [1.807, 2.05) is 25.1 Å². The monoisotopic (exact) mass is 421 g/mol. The summed E-state index contributed by atoms with van der Waals surface area (Å²) in [5.74, 6) is 0.934. The van der Waals surface area contributed by atoms with Crippen molar-refractivity contribution in [1.29, 1.82) is 0 Å². The number of aromatic nitrogens is 3. The molecule has 1 aliphatic carbocycles. The Hall–Kier alpha value is -2.44. The zero-order chi connectivity index (χ0) is 21.1. The Morgan fingerprint density at radius 3 is 2.80 bits per heavy atom. The number of thioether (sulfide) groups is 1. The highest BCUT2D eigenvalue weighted by atomic mass is 32.2. The van der Waals surface area contributed by atoms with Gasteiger partial charge >= 0.3 is 0 Å². The van der Waals surface area contributed by atoms with E-state index >= 15 is 0 Å². The van der Waals surface area contributed by atoms with E-state index in [1.54, 1.807) is 7.11 Å². The number of hydrogen-bond acceptors (Lipinski definition) is 5. The lowest BCUT2D eigenvalue weighted by Crippen LogP contribution is -2.16. The van der Waals surface area contributed by atoms with Gasteiger partial charge in [0.05, 0.1) is 18.4 Å². The third-order valence-electron chi connectivity index (χ3n) is 5.55. The average molecular weight is 422 g/mol. The molecular formula is C24H27N3O2S. The fourth-order valence-electron chi connectivity index (χ4n) is 3.93. The zero-order valence-electron chi connectivity index (χ0n) is 17.7. The van der Waals surface area contributed by atoms with Crippen LogP contribution in [0.25, 0.3) is 11.4 Å². The molecule has 1 aliphatic rings. The van der Waals surface area contributed by atoms with Crippen molar-refractivity contribution in [2.24, 2.45) is 0 Å². The molecule has 0 fully saturated rings. The summed E-state index contributed by atoms with van der Waals surface area (Å²) >= 11 is 1.46. The highest BCUT2D eigenvalue weighted by molar-refractivity contribution is 8.00. The van der Waals surface area contributed by atoms with Crippen LogP contribution < -0.4 is 0 Å². The molecule has 0 bridgehead atoms. The lowest BCUT2D eigenvalue weighted by Gasteiger charge is -2.13. The molecule has 1 unspecified atom stereocenters. The Morgan fingerprint density at radius 2 is 2.00 bits per heavy atom. The quantitative estimate of drug-likeness (QED) is 0.388. The van der Waals surface area contributed by atoms with Crippen LogP contribution in [-0.4, -0.2) is 39.5 Å². The van der Waals surface area contributed by atoms with Gasteiger partial charge in [0.2, 0.25) is 0 Å². The minimum atomic E-state index is -0.250. The SMILES string of the molecule is COCCn1c(SC(C)C(=O)c2ccc3c(c2)CCC3)nnc1-c1cccc(C)c1. The molecule has 3 aromatic rings. The highest BCUT2D eigenvalue weighted by Crippen LogP contribution is 2.30. The van der Waals surface area contributed by atoms with E-state index in [-0.39, 0.29) is 11.0 Å². The molecule has 1 heterocycles. The van der Waals surface area contributed by atoms with Crippen molar-refractivity contribution < 1.29 is 9.53 Å². The number of methoxy groups -OCH3 is 1. The number of Topliss-reactive ketones (excluding diaryl/α,β-unsaturated/α-hetero) is 1. The molecule has 0 saturated carbocycles. The van der Waals surface area contributed by atoms with Gasteiger partial charge in [0.25, 0.3) is 0 Å². The fourth-order valence-corrected chi connectivity index (χ4v) is 4.88. The van der Waals surface area contributed by atoms with Gasteiger partial charge in [0.15, 0.2) is 16.8 Å². The molecule has 2 aromatic carbocycles. The maximum atomic E-state index is 13.1. The second-order valence-corrected chi connectivity index (χ2v) is 9.09. The molecule has 0 N–H and O–H groups in total. The Morgan fingerprint density at radius 1 is 1.17 bits per heavy atom. The Kier molecular flexibility index (Phi) is 6.35. The lowest BCUT2D eigenvalue weighted by molar-refractivity contribution is 0.0993. The molecule has 0 spiro atoms. The predicted octanol–water partition coefficient (Wildman–Crippen LogP) is 4.75. The summed E-state index contributed by atoms with van der Waals surface area (Å²) < 4.78 is 7.35. The van der Waals surface area contributed by atoms with E-state index in [1.165, 1.54) is 34.9 Å². The molecule has 1 aromatic heterocycles. The van der Waals surface area contributed by atoms with Crippen molar-refractivity contribution in [2.75, 3.05) is 13.7 Å². The van der Waals surface area contributed by atoms with Crippen LogP contribution in [0.5, 0.6) is 0 Å². The molecule has 5 nitrogen and oxygen atoms in total. The third kappa shape index (κ3) is 4.35. The van der Waals surface area contributed by atoms with Crippen molar-refractivity contribution in [3.8, 4) is 11.4 Å². The van der Waals surface area contributed by atoms with Crippen LogP contribution in [-0.2, 0) is 24.1 Å². The van der Waals surface area contributed by atoms with E-state index in [0.717, 1.165) is 34.9 Å². The summed E-state index contributed by atoms with van der Waals surface area (Å²) in [5.41, 5.74) is 5.68. The summed E-state index contributed by atoms with van der Waals surface area (Å²) in [6.07, 6.45) is 3.38. The first-order valence-electron chi connectivity index (χ1n) is 10.4. The van der Waals surface area contributed by atoms with Gasteiger partial charge in [0, 0.05) is 18.2 Å². The molecule has 0 amide bonds. The number of benzene rings is 2. The van der Waals surface area contributed by atoms with Gasteiger partial charge in [0.1, 0.15) is 0 Å². The van der Waals surface area contributed by atoms with Crippen LogP contribution in [0.1, 0.15) is 40.4 Å². The number of ether oxygens (including phenoxy) is 1. The van der Waals surface area contributed by atoms with Gasteiger partial charge in [-0.05, 0) is 56.4 Å². The Bertz CT molecular complexity index is 1060. The zero-order valence-corrected chi connectivity index (χ0v) is 18.5. The summed E-state index contributed by atoms with van der Waals surface area (Å²) in [5, 5.41) is 9.35. The summed E-state index contributed by atoms with van der Waals surface area (Å²) in [7, 11) is 1.68. The largest absolute Gasteiger partial charge is 0.383 e. The van der Waals surface area contributed by atoms with Crippen molar-refractivity contribution in [3.05, 3.63) is 64.7 Å². The molecule has 0 radical (unpaired) electrons. The topological polar surface area (TPSA) is 57.0 Å². The maximum Gasteiger partial charge on any atom is 0.192 e. The smallest absolute Gasteiger partial charge is 0.192 e. The van der Waals surface area contributed by atoms with Gasteiger partial charge < -0.3 is 4.74 Å². The van der Waals surface area contributed by atoms with E-state index in [2.05, 4.69) is 46.0 Å². The van der Waals surface area contributed by atoms with Gasteiger partial charge in [-0.2, -0.15) is 0 Å². The normalized spacial score (nSPS) is 14.0. The first-order chi connectivity index (χ1) is 14.6. The summed E-state index contributed by atoms with van der Waals surface area (Å²) in [4.78, 5) is 13.1. The molecule has 4 rings (SSSR count). The van der Waals surface area contributed by atoms with Gasteiger partial charge in [-0.25, -0.2) is 0 Å². The number of fused-ring (bicyclic) bond motifs is 1. The highest BCUT2D eigenvalue weighted by Gasteiger charge is 2.23. The number of nitrogens with zero attached hydrogens (tertiary/aromatic N) is 3. The third-order valence-corrected chi connectivity index (χ3v) is 6.63. The molecule has 1 atom stereocenters. The van der Waals surface area contributed by atoms with Crippen molar-refractivity contribution in [3.63, 3.8) is 0 Å². The van der Waals surface area contributed by atoms with Gasteiger partial charge in [-0.3, -0.25) is 9.36 Å². The molecule has 6 heteroatoms. The number of aryl methyl sites for hydroxylation is 3. The second kappa shape index (κ2) is 9.14. The molecule has 156 valence electrons. The first kappa shape index (κ1) is 20.8. The minimum Gasteiger partial charge on any atom is -0.383 e. The number of carbonyl (C=O) groups is 1. The second-order valence-electron chi connectivity index (χ2n) is 7.78. The van der Waals surface area contributed by atoms with E-state index in [4.69, 9.17) is 4.74 Å². The lowest BCUT2D eigenvalue weighted by atomic mass is 10.0. The minimum absolute atomic E-state index is 0.132. The fraction of sp³-hybridized carbons (Fsp3) is 0.375. The van der Waals surface area contributed by atoms with Gasteiger partial charge in [-0.1, -0.05) is 47.7 Å². The van der Waals surface area contributed by atoms with E-state index in [0.29, 0.717) is 13.2 Å². The van der Waals surface area contributed by atoms with Crippen LogP contribution in [0.2, 0.25) is 0 Å². The van der Waals surface area contributed by atoms with Crippen molar-refractivity contribution >= 4 is 17.5 Å². The van der Waals surface area contributed by atoms with E-state index in [9.17, 15) is 4.79 Å². The van der Waals surface area contributed by atoms with Crippen LogP contribution in [0.15, 0.2) is 47.6 Å². The number of hydrogen-bond donors (Lipinski definition) is 0. The van der Waals surface area contributed by atoms with Crippen molar-refractivity contribution in [1.82, 2.24) is 14.8 Å². The molecule has 0 aliphatic heterocycles. The standard InChI is InChI=1S/C24H27N3O2S/c1-16-6-4-9-21(14-16)23-25-26-24(27(23)12-13-29-3)30-17(2)22(28)20-11-10-18-7-5-8-19(18)15-20/h4,6,9-11,14-15,17H,5,7-8,12-13H2,1-3H3. The molecular weight excluding hydrogens is 394 g/mol. The number of ketones is 1. The number of carbonyl (C=O) groups excluding carboxylic acids is 1. The Labute approximate surface area is 181 Å². The van der Waals surface area contributed by atoms with E-state index < -0.39 is 0 Å². The maximum absolute atomic E-state index is 13.1. The van der Waals surface area contributed by atoms with Crippen LogP contribution >= 0.6 is 11.8 Å². The first-order valence-corrected chi connectivity index (χ1v) is 11.3. The van der Waals surface area contributed by atoms with Crippen LogP contribution in [0.4, 0.5) is 0 Å². The summed E-state index contributed by atoms with van der Waals surface area (Å²) in [6.45, 7) is 5.20. The molecule has 30 heavy (non-hydrogen) atoms.